The second kappa shape index (κ2) is 5.21. The van der Waals surface area contributed by atoms with E-state index in [4.69, 9.17) is 4.74 Å². The highest BCUT2D eigenvalue weighted by Crippen LogP contribution is 2.26. The minimum Gasteiger partial charge on any atom is -0.493 e. The molecule has 1 fully saturated rings. The quantitative estimate of drug-likeness (QED) is 0.862. The summed E-state index contributed by atoms with van der Waals surface area (Å²) in [7, 11) is 0. The van der Waals surface area contributed by atoms with Gasteiger partial charge in [-0.15, -0.1) is 0 Å². The van der Waals surface area contributed by atoms with Crippen LogP contribution >= 0.6 is 0 Å². The molecule has 1 amide bonds. The van der Waals surface area contributed by atoms with Crippen molar-refractivity contribution < 1.29 is 9.53 Å². The van der Waals surface area contributed by atoms with Crippen LogP contribution in [0.4, 0.5) is 0 Å². The van der Waals surface area contributed by atoms with Crippen LogP contribution < -0.4 is 15.4 Å². The standard InChI is InChI=1S/C15H20N2O2/c1-10(13-4-6-16-9-13)17-15(18)12-2-3-14-11(8-12)5-7-19-14/h2-3,8,10,13,16H,4-7,9H2,1H3,(H,17,18). The van der Waals surface area contributed by atoms with Crippen molar-refractivity contribution in [3.8, 4) is 5.75 Å². The Morgan fingerprint density at radius 2 is 2.42 bits per heavy atom. The van der Waals surface area contributed by atoms with E-state index in [1.165, 1.54) is 0 Å². The molecule has 0 saturated carbocycles. The summed E-state index contributed by atoms with van der Waals surface area (Å²) >= 11 is 0. The van der Waals surface area contributed by atoms with Gasteiger partial charge in [0.2, 0.25) is 0 Å². The zero-order valence-corrected chi connectivity index (χ0v) is 11.2. The van der Waals surface area contributed by atoms with Gasteiger partial charge in [-0.25, -0.2) is 0 Å². The number of ether oxygens (including phenoxy) is 1. The number of hydrogen-bond donors (Lipinski definition) is 2. The van der Waals surface area contributed by atoms with Crippen LogP contribution in [-0.2, 0) is 6.42 Å². The normalized spacial score (nSPS) is 22.7. The van der Waals surface area contributed by atoms with E-state index < -0.39 is 0 Å². The first kappa shape index (κ1) is 12.5. The molecule has 102 valence electrons. The Balaban J connectivity index is 1.66. The van der Waals surface area contributed by atoms with Crippen LogP contribution in [0, 0.1) is 5.92 Å². The molecule has 2 atom stereocenters. The summed E-state index contributed by atoms with van der Waals surface area (Å²) in [6.45, 7) is 4.87. The molecule has 1 saturated heterocycles. The summed E-state index contributed by atoms with van der Waals surface area (Å²) in [5, 5.41) is 6.44. The van der Waals surface area contributed by atoms with Crippen LogP contribution in [0.5, 0.6) is 5.75 Å². The first-order chi connectivity index (χ1) is 9.24. The first-order valence-corrected chi connectivity index (χ1v) is 7.01. The Kier molecular flexibility index (Phi) is 3.42. The van der Waals surface area contributed by atoms with Gasteiger partial charge in [-0.05, 0) is 56.1 Å². The van der Waals surface area contributed by atoms with E-state index in [-0.39, 0.29) is 11.9 Å². The van der Waals surface area contributed by atoms with Crippen LogP contribution in [0.3, 0.4) is 0 Å². The number of fused-ring (bicyclic) bond motifs is 1. The third kappa shape index (κ3) is 2.59. The summed E-state index contributed by atoms with van der Waals surface area (Å²) in [6, 6.07) is 5.92. The Hall–Kier alpha value is -1.55. The molecular weight excluding hydrogens is 240 g/mol. The van der Waals surface area contributed by atoms with Crippen LogP contribution in [0.15, 0.2) is 18.2 Å². The maximum atomic E-state index is 12.2. The molecule has 0 spiro atoms. The fraction of sp³-hybridized carbons (Fsp3) is 0.533. The molecule has 4 nitrogen and oxygen atoms in total. The van der Waals surface area contributed by atoms with Gasteiger partial charge in [0.05, 0.1) is 6.61 Å². The van der Waals surface area contributed by atoms with Gasteiger partial charge in [0, 0.05) is 18.0 Å². The topological polar surface area (TPSA) is 50.4 Å². The summed E-state index contributed by atoms with van der Waals surface area (Å²) in [5.74, 6) is 1.49. The summed E-state index contributed by atoms with van der Waals surface area (Å²) in [6.07, 6.45) is 2.04. The van der Waals surface area contributed by atoms with Gasteiger partial charge in [-0.3, -0.25) is 4.79 Å². The number of rotatable bonds is 3. The van der Waals surface area contributed by atoms with Gasteiger partial charge < -0.3 is 15.4 Å². The first-order valence-electron chi connectivity index (χ1n) is 7.01. The fourth-order valence-corrected chi connectivity index (χ4v) is 2.84. The molecule has 4 heteroatoms. The minimum absolute atomic E-state index is 0.0223. The molecular formula is C15H20N2O2. The maximum absolute atomic E-state index is 12.2. The van der Waals surface area contributed by atoms with Crippen molar-refractivity contribution in [3.05, 3.63) is 29.3 Å². The molecule has 0 bridgehead atoms. The van der Waals surface area contributed by atoms with Gasteiger partial charge in [0.25, 0.3) is 5.91 Å². The van der Waals surface area contributed by atoms with E-state index in [2.05, 4.69) is 17.6 Å². The molecule has 0 aromatic heterocycles. The molecule has 19 heavy (non-hydrogen) atoms. The second-order valence-corrected chi connectivity index (χ2v) is 5.44. The highest BCUT2D eigenvalue weighted by Gasteiger charge is 2.23. The van der Waals surface area contributed by atoms with Crippen LogP contribution in [0.2, 0.25) is 0 Å². The lowest BCUT2D eigenvalue weighted by atomic mass is 10.00. The summed E-state index contributed by atoms with van der Waals surface area (Å²) in [5.41, 5.74) is 1.88. The molecule has 0 aliphatic carbocycles. The largest absolute Gasteiger partial charge is 0.493 e. The Morgan fingerprint density at radius 1 is 1.53 bits per heavy atom. The molecule has 2 aliphatic rings. The average Bonchev–Trinajstić information content (AvgIpc) is 3.09. The highest BCUT2D eigenvalue weighted by atomic mass is 16.5. The lowest BCUT2D eigenvalue weighted by Gasteiger charge is -2.20. The van der Waals surface area contributed by atoms with E-state index in [1.807, 2.05) is 18.2 Å². The predicted octanol–water partition coefficient (Wildman–Crippen LogP) is 1.35. The second-order valence-electron chi connectivity index (χ2n) is 5.44. The van der Waals surface area contributed by atoms with Crippen molar-refractivity contribution in [1.29, 1.82) is 0 Å². The lowest BCUT2D eigenvalue weighted by molar-refractivity contribution is 0.0928. The minimum atomic E-state index is 0.0223. The highest BCUT2D eigenvalue weighted by molar-refractivity contribution is 5.94. The number of amides is 1. The molecule has 2 unspecified atom stereocenters. The maximum Gasteiger partial charge on any atom is 0.251 e. The van der Waals surface area contributed by atoms with E-state index in [0.717, 1.165) is 49.4 Å². The van der Waals surface area contributed by atoms with Crippen molar-refractivity contribution in [2.45, 2.75) is 25.8 Å². The molecule has 3 rings (SSSR count). The fourth-order valence-electron chi connectivity index (χ4n) is 2.84. The van der Waals surface area contributed by atoms with E-state index in [0.29, 0.717) is 5.92 Å². The third-order valence-corrected chi connectivity index (χ3v) is 4.12. The predicted molar refractivity (Wildman–Crippen MR) is 73.5 cm³/mol. The average molecular weight is 260 g/mol. The van der Waals surface area contributed by atoms with Gasteiger partial charge in [0.15, 0.2) is 0 Å². The molecule has 1 aromatic carbocycles. The van der Waals surface area contributed by atoms with Crippen molar-refractivity contribution >= 4 is 5.91 Å². The van der Waals surface area contributed by atoms with Crippen molar-refractivity contribution in [2.24, 2.45) is 5.92 Å². The van der Waals surface area contributed by atoms with E-state index >= 15 is 0 Å². The zero-order valence-electron chi connectivity index (χ0n) is 11.2. The van der Waals surface area contributed by atoms with E-state index in [9.17, 15) is 4.79 Å². The molecule has 2 heterocycles. The number of benzene rings is 1. The smallest absolute Gasteiger partial charge is 0.251 e. The van der Waals surface area contributed by atoms with Crippen LogP contribution in [-0.4, -0.2) is 31.6 Å². The van der Waals surface area contributed by atoms with Gasteiger partial charge in [-0.2, -0.15) is 0 Å². The monoisotopic (exact) mass is 260 g/mol. The Labute approximate surface area is 113 Å². The Morgan fingerprint density at radius 3 is 3.21 bits per heavy atom. The third-order valence-electron chi connectivity index (χ3n) is 4.12. The SMILES string of the molecule is CC(NC(=O)c1ccc2c(c1)CCO2)C1CCNC1. The zero-order chi connectivity index (χ0) is 13.2. The van der Waals surface area contributed by atoms with E-state index in [1.54, 1.807) is 0 Å². The van der Waals surface area contributed by atoms with Crippen molar-refractivity contribution in [1.82, 2.24) is 10.6 Å². The molecule has 2 aliphatic heterocycles. The van der Waals surface area contributed by atoms with Gasteiger partial charge >= 0.3 is 0 Å². The molecule has 1 aromatic rings. The summed E-state index contributed by atoms with van der Waals surface area (Å²) in [4.78, 5) is 12.2. The summed E-state index contributed by atoms with van der Waals surface area (Å²) < 4.78 is 5.46. The van der Waals surface area contributed by atoms with Gasteiger partial charge in [0.1, 0.15) is 5.75 Å². The van der Waals surface area contributed by atoms with Crippen LogP contribution in [0.1, 0.15) is 29.3 Å². The number of nitrogens with one attached hydrogen (secondary N) is 2. The van der Waals surface area contributed by atoms with Crippen LogP contribution in [0.25, 0.3) is 0 Å². The number of carbonyl (C=O) groups is 1. The number of hydrogen-bond acceptors (Lipinski definition) is 3. The lowest BCUT2D eigenvalue weighted by Crippen LogP contribution is -2.38. The Bertz CT molecular complexity index is 481. The number of carbonyl (C=O) groups excluding carboxylic acids is 1. The molecule has 0 radical (unpaired) electrons. The molecule has 2 N–H and O–H groups in total. The van der Waals surface area contributed by atoms with Crippen molar-refractivity contribution in [3.63, 3.8) is 0 Å². The van der Waals surface area contributed by atoms with Gasteiger partial charge in [-0.1, -0.05) is 0 Å². The van der Waals surface area contributed by atoms with Crippen molar-refractivity contribution in [2.75, 3.05) is 19.7 Å².